The van der Waals surface area contributed by atoms with Crippen LogP contribution in [0.5, 0.6) is 0 Å². The van der Waals surface area contributed by atoms with E-state index in [4.69, 9.17) is 0 Å². The molecule has 1 unspecified atom stereocenters. The maximum atomic E-state index is 12.0. The molecule has 1 atom stereocenters. The van der Waals surface area contributed by atoms with Gasteiger partial charge < -0.3 is 10.4 Å². The standard InChI is InChI=1S/C12H19N3O3/c1-4-12(5-2,11(17)18)14-10(16)9(3)15-8-6-7-13-15/h6-9H,4-5H2,1-3H3,(H,14,16)(H,17,18). The van der Waals surface area contributed by atoms with E-state index in [0.29, 0.717) is 12.8 Å². The highest BCUT2D eigenvalue weighted by Crippen LogP contribution is 2.17. The zero-order chi connectivity index (χ0) is 13.8. The van der Waals surface area contributed by atoms with Crippen molar-refractivity contribution in [3.63, 3.8) is 0 Å². The number of hydrogen-bond donors (Lipinski definition) is 2. The molecular formula is C12H19N3O3. The Bertz CT molecular complexity index is 410. The monoisotopic (exact) mass is 253 g/mol. The van der Waals surface area contributed by atoms with Gasteiger partial charge in [-0.1, -0.05) is 13.8 Å². The number of aromatic nitrogens is 2. The summed E-state index contributed by atoms with van der Waals surface area (Å²) in [7, 11) is 0. The van der Waals surface area contributed by atoms with E-state index in [-0.39, 0.29) is 5.91 Å². The van der Waals surface area contributed by atoms with Crippen LogP contribution in [0.2, 0.25) is 0 Å². The third-order valence-corrected chi connectivity index (χ3v) is 3.28. The van der Waals surface area contributed by atoms with Crippen LogP contribution in [-0.4, -0.2) is 32.3 Å². The summed E-state index contributed by atoms with van der Waals surface area (Å²) in [4.78, 5) is 23.3. The number of carbonyl (C=O) groups excluding carboxylic acids is 1. The number of carbonyl (C=O) groups is 2. The van der Waals surface area contributed by atoms with Crippen LogP contribution in [0.3, 0.4) is 0 Å². The maximum absolute atomic E-state index is 12.0. The summed E-state index contributed by atoms with van der Waals surface area (Å²) >= 11 is 0. The second kappa shape index (κ2) is 5.66. The summed E-state index contributed by atoms with van der Waals surface area (Å²) in [5, 5.41) is 15.8. The lowest BCUT2D eigenvalue weighted by molar-refractivity contribution is -0.148. The molecule has 0 aromatic carbocycles. The van der Waals surface area contributed by atoms with Crippen molar-refractivity contribution < 1.29 is 14.7 Å². The highest BCUT2D eigenvalue weighted by molar-refractivity contribution is 5.88. The zero-order valence-electron chi connectivity index (χ0n) is 10.9. The number of amides is 1. The molecular weight excluding hydrogens is 234 g/mol. The molecule has 0 aliphatic carbocycles. The molecule has 0 saturated heterocycles. The smallest absolute Gasteiger partial charge is 0.329 e. The Morgan fingerprint density at radius 2 is 2.06 bits per heavy atom. The van der Waals surface area contributed by atoms with Crippen LogP contribution in [0.25, 0.3) is 0 Å². The second-order valence-electron chi connectivity index (χ2n) is 4.25. The fourth-order valence-electron chi connectivity index (χ4n) is 1.75. The van der Waals surface area contributed by atoms with Gasteiger partial charge in [-0.2, -0.15) is 5.10 Å². The number of nitrogens with one attached hydrogen (secondary N) is 1. The van der Waals surface area contributed by atoms with Crippen LogP contribution in [0.1, 0.15) is 39.7 Å². The lowest BCUT2D eigenvalue weighted by atomic mass is 9.92. The highest BCUT2D eigenvalue weighted by Gasteiger charge is 2.37. The van der Waals surface area contributed by atoms with Crippen LogP contribution >= 0.6 is 0 Å². The van der Waals surface area contributed by atoms with Crippen molar-refractivity contribution in [1.82, 2.24) is 15.1 Å². The molecule has 6 nitrogen and oxygen atoms in total. The molecule has 0 saturated carbocycles. The molecule has 0 spiro atoms. The van der Waals surface area contributed by atoms with Crippen molar-refractivity contribution in [2.45, 2.75) is 45.2 Å². The first-order chi connectivity index (χ1) is 8.46. The number of carboxylic acid groups (broad SMARTS) is 1. The predicted molar refractivity (Wildman–Crippen MR) is 66.0 cm³/mol. The van der Waals surface area contributed by atoms with E-state index in [9.17, 15) is 14.7 Å². The molecule has 2 N–H and O–H groups in total. The van der Waals surface area contributed by atoms with Gasteiger partial charge in [-0.15, -0.1) is 0 Å². The molecule has 1 rings (SSSR count). The Labute approximate surface area is 106 Å². The minimum absolute atomic E-state index is 0.343. The molecule has 18 heavy (non-hydrogen) atoms. The van der Waals surface area contributed by atoms with E-state index < -0.39 is 17.6 Å². The lowest BCUT2D eigenvalue weighted by Gasteiger charge is -2.29. The van der Waals surface area contributed by atoms with Crippen LogP contribution in [0, 0.1) is 0 Å². The van der Waals surface area contributed by atoms with Crippen molar-refractivity contribution in [3.8, 4) is 0 Å². The third kappa shape index (κ3) is 2.69. The van der Waals surface area contributed by atoms with Crippen LogP contribution in [0.15, 0.2) is 18.5 Å². The normalized spacial score (nSPS) is 13.1. The Morgan fingerprint density at radius 1 is 1.44 bits per heavy atom. The fraction of sp³-hybridized carbons (Fsp3) is 0.583. The van der Waals surface area contributed by atoms with Crippen LogP contribution in [0.4, 0.5) is 0 Å². The van der Waals surface area contributed by atoms with Crippen molar-refractivity contribution in [3.05, 3.63) is 18.5 Å². The van der Waals surface area contributed by atoms with Crippen molar-refractivity contribution in [2.24, 2.45) is 0 Å². The molecule has 0 aliphatic rings. The molecule has 1 aromatic heterocycles. The number of aliphatic carboxylic acids is 1. The molecule has 0 radical (unpaired) electrons. The quantitative estimate of drug-likeness (QED) is 0.798. The molecule has 0 bridgehead atoms. The first-order valence-electron chi connectivity index (χ1n) is 6.01. The second-order valence-corrected chi connectivity index (χ2v) is 4.25. The molecule has 1 amide bonds. The summed E-state index contributed by atoms with van der Waals surface area (Å²) in [6.07, 6.45) is 3.94. The predicted octanol–water partition coefficient (Wildman–Crippen LogP) is 1.20. The average Bonchev–Trinajstić information content (AvgIpc) is 2.88. The fourth-order valence-corrected chi connectivity index (χ4v) is 1.75. The molecule has 0 aliphatic heterocycles. The molecule has 6 heteroatoms. The lowest BCUT2D eigenvalue weighted by Crippen LogP contribution is -2.55. The van der Waals surface area contributed by atoms with E-state index >= 15 is 0 Å². The first kappa shape index (κ1) is 14.2. The summed E-state index contributed by atoms with van der Waals surface area (Å²) in [6, 6.07) is 1.19. The van der Waals surface area contributed by atoms with Gasteiger partial charge in [0.05, 0.1) is 0 Å². The number of nitrogens with zero attached hydrogens (tertiary/aromatic N) is 2. The summed E-state index contributed by atoms with van der Waals surface area (Å²) in [5.74, 6) is -1.35. The highest BCUT2D eigenvalue weighted by atomic mass is 16.4. The van der Waals surface area contributed by atoms with E-state index in [1.165, 1.54) is 4.68 Å². The molecule has 1 heterocycles. The minimum atomic E-state index is -1.20. The number of rotatable bonds is 6. The van der Waals surface area contributed by atoms with Crippen LogP contribution in [-0.2, 0) is 9.59 Å². The van der Waals surface area contributed by atoms with Gasteiger partial charge in [0.25, 0.3) is 0 Å². The number of hydrogen-bond acceptors (Lipinski definition) is 3. The topological polar surface area (TPSA) is 84.2 Å². The largest absolute Gasteiger partial charge is 0.480 e. The Kier molecular flexibility index (Phi) is 4.47. The summed E-state index contributed by atoms with van der Waals surface area (Å²) in [5.41, 5.74) is -1.20. The molecule has 1 aromatic rings. The van der Waals surface area contributed by atoms with E-state index in [0.717, 1.165) is 0 Å². The molecule has 100 valence electrons. The van der Waals surface area contributed by atoms with Crippen molar-refractivity contribution in [2.75, 3.05) is 0 Å². The first-order valence-corrected chi connectivity index (χ1v) is 6.01. The average molecular weight is 253 g/mol. The van der Waals surface area contributed by atoms with Gasteiger partial charge in [0.15, 0.2) is 0 Å². The van der Waals surface area contributed by atoms with Gasteiger partial charge in [0, 0.05) is 12.4 Å². The van der Waals surface area contributed by atoms with E-state index in [1.54, 1.807) is 39.2 Å². The van der Waals surface area contributed by atoms with Gasteiger partial charge in [0.2, 0.25) is 5.91 Å². The SMILES string of the molecule is CCC(CC)(NC(=O)C(C)n1cccn1)C(=O)O. The number of carboxylic acids is 1. The Hall–Kier alpha value is -1.85. The Morgan fingerprint density at radius 3 is 2.44 bits per heavy atom. The molecule has 0 fully saturated rings. The van der Waals surface area contributed by atoms with E-state index in [1.807, 2.05) is 0 Å². The van der Waals surface area contributed by atoms with Gasteiger partial charge in [-0.3, -0.25) is 9.48 Å². The van der Waals surface area contributed by atoms with Crippen molar-refractivity contribution >= 4 is 11.9 Å². The van der Waals surface area contributed by atoms with Crippen LogP contribution < -0.4 is 5.32 Å². The van der Waals surface area contributed by atoms with Gasteiger partial charge in [-0.05, 0) is 25.8 Å². The van der Waals surface area contributed by atoms with E-state index in [2.05, 4.69) is 10.4 Å². The van der Waals surface area contributed by atoms with Gasteiger partial charge in [-0.25, -0.2) is 4.79 Å². The minimum Gasteiger partial charge on any atom is -0.480 e. The summed E-state index contributed by atoms with van der Waals surface area (Å²) in [6.45, 7) is 5.17. The van der Waals surface area contributed by atoms with Gasteiger partial charge in [0.1, 0.15) is 11.6 Å². The van der Waals surface area contributed by atoms with Crippen molar-refractivity contribution in [1.29, 1.82) is 0 Å². The third-order valence-electron chi connectivity index (χ3n) is 3.28. The Balaban J connectivity index is 2.82. The zero-order valence-corrected chi connectivity index (χ0v) is 10.9. The van der Waals surface area contributed by atoms with Gasteiger partial charge >= 0.3 is 5.97 Å². The summed E-state index contributed by atoms with van der Waals surface area (Å²) < 4.78 is 1.49. The maximum Gasteiger partial charge on any atom is 0.329 e.